The summed E-state index contributed by atoms with van der Waals surface area (Å²) in [6.07, 6.45) is 0. The number of nitrogens with zero attached hydrogens (tertiary/aromatic N) is 1. The van der Waals surface area contributed by atoms with Crippen molar-refractivity contribution in [3.63, 3.8) is 0 Å². The van der Waals surface area contributed by atoms with E-state index < -0.39 is 5.91 Å². The second kappa shape index (κ2) is 7.19. The number of hydrazone groups is 1. The standard InChI is InChI=1S/C17H11Br2ClN2O3/c1-8(12-7-11(20)2-3-14(12)23)21-22-17(24)15-5-9-4-10(18)6-13(19)16(9)25-15/h2-7,23H,1H3,(H,22,24). The highest BCUT2D eigenvalue weighted by Crippen LogP contribution is 2.31. The molecule has 0 spiro atoms. The van der Waals surface area contributed by atoms with E-state index in [1.807, 2.05) is 12.1 Å². The highest BCUT2D eigenvalue weighted by molar-refractivity contribution is 9.11. The summed E-state index contributed by atoms with van der Waals surface area (Å²) >= 11 is 12.7. The smallest absolute Gasteiger partial charge is 0.307 e. The van der Waals surface area contributed by atoms with Crippen LogP contribution in [0, 0.1) is 0 Å². The first-order valence-corrected chi connectivity index (χ1v) is 9.03. The minimum absolute atomic E-state index is 0.0254. The molecular weight excluding hydrogens is 475 g/mol. The molecule has 0 fully saturated rings. The summed E-state index contributed by atoms with van der Waals surface area (Å²) in [6.45, 7) is 1.65. The van der Waals surface area contributed by atoms with Crippen LogP contribution < -0.4 is 5.43 Å². The fourth-order valence-electron chi connectivity index (χ4n) is 2.24. The van der Waals surface area contributed by atoms with Crippen molar-refractivity contribution in [2.24, 2.45) is 5.10 Å². The monoisotopic (exact) mass is 484 g/mol. The second-order valence-electron chi connectivity index (χ2n) is 5.22. The molecule has 25 heavy (non-hydrogen) atoms. The second-order valence-corrected chi connectivity index (χ2v) is 7.42. The first-order chi connectivity index (χ1) is 11.8. The van der Waals surface area contributed by atoms with Crippen LogP contribution in [0.2, 0.25) is 5.02 Å². The Morgan fingerprint density at radius 2 is 2.00 bits per heavy atom. The molecule has 0 aliphatic heterocycles. The molecule has 0 aliphatic carbocycles. The summed E-state index contributed by atoms with van der Waals surface area (Å²) in [4.78, 5) is 12.3. The molecule has 0 saturated heterocycles. The predicted molar refractivity (Wildman–Crippen MR) is 104 cm³/mol. The number of fused-ring (bicyclic) bond motifs is 1. The van der Waals surface area contributed by atoms with E-state index in [9.17, 15) is 9.90 Å². The van der Waals surface area contributed by atoms with Crippen LogP contribution in [0.15, 0.2) is 54.9 Å². The van der Waals surface area contributed by atoms with Gasteiger partial charge in [-0.2, -0.15) is 5.10 Å². The highest BCUT2D eigenvalue weighted by Gasteiger charge is 2.15. The molecule has 0 radical (unpaired) electrons. The van der Waals surface area contributed by atoms with Gasteiger partial charge in [-0.3, -0.25) is 4.79 Å². The van der Waals surface area contributed by atoms with Crippen molar-refractivity contribution >= 4 is 66.0 Å². The maximum atomic E-state index is 12.3. The van der Waals surface area contributed by atoms with Crippen LogP contribution in [0.4, 0.5) is 0 Å². The zero-order valence-corrected chi connectivity index (χ0v) is 16.7. The van der Waals surface area contributed by atoms with Gasteiger partial charge in [0.25, 0.3) is 0 Å². The number of halogens is 3. The van der Waals surface area contributed by atoms with Gasteiger partial charge in [-0.05, 0) is 59.3 Å². The Morgan fingerprint density at radius 1 is 1.24 bits per heavy atom. The molecule has 0 saturated carbocycles. The molecule has 2 N–H and O–H groups in total. The number of rotatable bonds is 3. The van der Waals surface area contributed by atoms with E-state index in [0.29, 0.717) is 21.9 Å². The average Bonchev–Trinajstić information content (AvgIpc) is 2.99. The number of phenolic OH excluding ortho intramolecular Hbond substituents is 1. The molecule has 1 heterocycles. The van der Waals surface area contributed by atoms with E-state index in [-0.39, 0.29) is 11.5 Å². The molecule has 128 valence electrons. The van der Waals surface area contributed by atoms with Gasteiger partial charge in [0.05, 0.1) is 10.2 Å². The normalized spacial score (nSPS) is 11.8. The summed E-state index contributed by atoms with van der Waals surface area (Å²) in [5.41, 5.74) is 3.83. The van der Waals surface area contributed by atoms with Crippen molar-refractivity contribution in [1.29, 1.82) is 0 Å². The van der Waals surface area contributed by atoms with Crippen LogP contribution in [0.25, 0.3) is 11.0 Å². The SMILES string of the molecule is CC(=NNC(=O)c1cc2cc(Br)cc(Br)c2o1)c1cc(Cl)ccc1O. The molecule has 0 atom stereocenters. The van der Waals surface area contributed by atoms with Crippen LogP contribution in [-0.2, 0) is 0 Å². The Hall–Kier alpha value is -1.83. The van der Waals surface area contributed by atoms with Crippen LogP contribution >= 0.6 is 43.5 Å². The van der Waals surface area contributed by atoms with Crippen molar-refractivity contribution in [2.45, 2.75) is 6.92 Å². The Balaban J connectivity index is 1.85. The zero-order chi connectivity index (χ0) is 18.1. The topological polar surface area (TPSA) is 74.8 Å². The third kappa shape index (κ3) is 3.89. The molecular formula is C17H11Br2ClN2O3. The van der Waals surface area contributed by atoms with Gasteiger partial charge in [-0.15, -0.1) is 0 Å². The van der Waals surface area contributed by atoms with Gasteiger partial charge < -0.3 is 9.52 Å². The number of amides is 1. The summed E-state index contributed by atoms with van der Waals surface area (Å²) in [5, 5.41) is 15.1. The molecule has 1 amide bonds. The van der Waals surface area contributed by atoms with Crippen LogP contribution in [0.3, 0.4) is 0 Å². The number of aromatic hydroxyl groups is 1. The van der Waals surface area contributed by atoms with Crippen LogP contribution in [0.1, 0.15) is 23.0 Å². The van der Waals surface area contributed by atoms with E-state index in [1.165, 1.54) is 6.07 Å². The molecule has 3 rings (SSSR count). The van der Waals surface area contributed by atoms with E-state index >= 15 is 0 Å². The summed E-state index contributed by atoms with van der Waals surface area (Å²) in [5.74, 6) is -0.349. The first kappa shape index (κ1) is 18.0. The van der Waals surface area contributed by atoms with Gasteiger partial charge in [0.2, 0.25) is 0 Å². The Morgan fingerprint density at radius 3 is 2.76 bits per heavy atom. The van der Waals surface area contributed by atoms with Crippen molar-refractivity contribution in [3.8, 4) is 5.75 Å². The van der Waals surface area contributed by atoms with Crippen LogP contribution in [-0.4, -0.2) is 16.7 Å². The number of phenols is 1. The lowest BCUT2D eigenvalue weighted by Crippen LogP contribution is -2.18. The lowest BCUT2D eigenvalue weighted by atomic mass is 10.1. The number of carbonyl (C=O) groups excluding carboxylic acids is 1. The number of benzene rings is 2. The van der Waals surface area contributed by atoms with Crippen molar-refractivity contribution in [2.75, 3.05) is 0 Å². The third-order valence-corrected chi connectivity index (χ3v) is 4.72. The third-order valence-electron chi connectivity index (χ3n) is 3.43. The Labute approximate surface area is 164 Å². The molecule has 0 aliphatic rings. The molecule has 2 aromatic carbocycles. The van der Waals surface area contributed by atoms with E-state index in [4.69, 9.17) is 16.0 Å². The molecule has 1 aromatic heterocycles. The molecule has 0 unspecified atom stereocenters. The fourth-order valence-corrected chi connectivity index (χ4v) is 3.75. The lowest BCUT2D eigenvalue weighted by Gasteiger charge is -2.05. The minimum atomic E-state index is -0.500. The molecule has 8 heteroatoms. The van der Waals surface area contributed by atoms with Gasteiger partial charge >= 0.3 is 5.91 Å². The zero-order valence-electron chi connectivity index (χ0n) is 12.8. The number of hydrogen-bond donors (Lipinski definition) is 2. The minimum Gasteiger partial charge on any atom is -0.507 e. The van der Waals surface area contributed by atoms with E-state index in [1.54, 1.807) is 25.1 Å². The van der Waals surface area contributed by atoms with Crippen LogP contribution in [0.5, 0.6) is 5.75 Å². The van der Waals surface area contributed by atoms with Gasteiger partial charge in [-0.25, -0.2) is 5.43 Å². The van der Waals surface area contributed by atoms with Gasteiger partial charge in [-0.1, -0.05) is 27.5 Å². The quantitative estimate of drug-likeness (QED) is 0.381. The lowest BCUT2D eigenvalue weighted by molar-refractivity contribution is 0.0929. The maximum Gasteiger partial charge on any atom is 0.307 e. The maximum absolute atomic E-state index is 12.3. The molecule has 0 bridgehead atoms. The van der Waals surface area contributed by atoms with E-state index in [0.717, 1.165) is 14.3 Å². The predicted octanol–water partition coefficient (Wildman–Crippen LogP) is 5.47. The largest absolute Gasteiger partial charge is 0.507 e. The van der Waals surface area contributed by atoms with Gasteiger partial charge in [0.15, 0.2) is 5.76 Å². The Bertz CT molecular complexity index is 1010. The van der Waals surface area contributed by atoms with Crippen molar-refractivity contribution in [3.05, 3.63) is 61.7 Å². The number of furan rings is 1. The fraction of sp³-hybridized carbons (Fsp3) is 0.0588. The average molecular weight is 487 g/mol. The summed E-state index contributed by atoms with van der Waals surface area (Å²) < 4.78 is 7.18. The van der Waals surface area contributed by atoms with Crippen molar-refractivity contribution < 1.29 is 14.3 Å². The first-order valence-electron chi connectivity index (χ1n) is 7.07. The number of nitrogens with one attached hydrogen (secondary N) is 1. The van der Waals surface area contributed by atoms with Crippen molar-refractivity contribution in [1.82, 2.24) is 5.43 Å². The summed E-state index contributed by atoms with van der Waals surface area (Å²) in [7, 11) is 0. The molecule has 5 nitrogen and oxygen atoms in total. The highest BCUT2D eigenvalue weighted by atomic mass is 79.9. The van der Waals surface area contributed by atoms with E-state index in [2.05, 4.69) is 42.4 Å². The number of carbonyl (C=O) groups is 1. The summed E-state index contributed by atoms with van der Waals surface area (Å²) in [6, 6.07) is 9.90. The van der Waals surface area contributed by atoms with Gasteiger partial charge in [0.1, 0.15) is 11.3 Å². The molecule has 3 aromatic rings. The van der Waals surface area contributed by atoms with Gasteiger partial charge in [0, 0.05) is 20.4 Å². The Kier molecular flexibility index (Phi) is 5.17. The number of hydrogen-bond acceptors (Lipinski definition) is 4.